The zero-order valence-electron chi connectivity index (χ0n) is 8.84. The first-order valence-corrected chi connectivity index (χ1v) is 5.23. The Hall–Kier alpha value is -0.120. The van der Waals surface area contributed by atoms with Crippen LogP contribution in [0.5, 0.6) is 0 Å². The largest absolute Gasteiger partial charge is 0.396 e. The fourth-order valence-electron chi connectivity index (χ4n) is 1.43. The maximum Gasteiger partial charge on any atom is 0.0494 e. The summed E-state index contributed by atoms with van der Waals surface area (Å²) in [6.45, 7) is 7.56. The summed E-state index contributed by atoms with van der Waals surface area (Å²) in [6, 6.07) is 0. The lowest BCUT2D eigenvalue weighted by Gasteiger charge is -2.31. The molecular weight excluding hydrogens is 164 g/mol. The highest BCUT2D eigenvalue weighted by Crippen LogP contribution is 2.13. The molecule has 0 saturated carbocycles. The van der Waals surface area contributed by atoms with Crippen molar-refractivity contribution in [2.24, 2.45) is 5.41 Å². The maximum absolute atomic E-state index is 9.06. The lowest BCUT2D eigenvalue weighted by atomic mass is 9.95. The highest BCUT2D eigenvalue weighted by atomic mass is 16.3. The molecule has 13 heavy (non-hydrogen) atoms. The second-order valence-corrected chi connectivity index (χ2v) is 4.70. The van der Waals surface area contributed by atoms with Crippen molar-refractivity contribution >= 4 is 0 Å². The molecule has 1 aliphatic heterocycles. The van der Waals surface area contributed by atoms with E-state index in [-0.39, 0.29) is 12.0 Å². The fourth-order valence-corrected chi connectivity index (χ4v) is 1.43. The van der Waals surface area contributed by atoms with Gasteiger partial charge in [0, 0.05) is 31.7 Å². The molecule has 2 N–H and O–H groups in total. The van der Waals surface area contributed by atoms with Gasteiger partial charge in [0.2, 0.25) is 0 Å². The van der Waals surface area contributed by atoms with Crippen LogP contribution < -0.4 is 5.43 Å². The van der Waals surface area contributed by atoms with Crippen molar-refractivity contribution in [1.82, 2.24) is 10.4 Å². The minimum Gasteiger partial charge on any atom is -0.396 e. The third-order valence-corrected chi connectivity index (χ3v) is 2.57. The third-order valence-electron chi connectivity index (χ3n) is 2.57. The second-order valence-electron chi connectivity index (χ2n) is 4.70. The van der Waals surface area contributed by atoms with Crippen molar-refractivity contribution in [3.05, 3.63) is 0 Å². The number of nitrogens with zero attached hydrogens (tertiary/aromatic N) is 1. The lowest BCUT2D eigenvalue weighted by molar-refractivity contribution is 0.0933. The van der Waals surface area contributed by atoms with E-state index < -0.39 is 0 Å². The molecule has 1 rings (SSSR count). The van der Waals surface area contributed by atoms with E-state index in [4.69, 9.17) is 5.11 Å². The summed E-state index contributed by atoms with van der Waals surface area (Å²) < 4.78 is 0. The molecule has 0 aromatic carbocycles. The number of nitrogens with one attached hydrogen (secondary N) is 1. The minimum absolute atomic E-state index is 0.00253. The lowest BCUT2D eigenvalue weighted by Crippen LogP contribution is -2.46. The Bertz CT molecular complexity index is 142. The average molecular weight is 186 g/mol. The van der Waals surface area contributed by atoms with Gasteiger partial charge in [-0.05, 0) is 12.8 Å². The van der Waals surface area contributed by atoms with Crippen LogP contribution in [0.15, 0.2) is 0 Å². The summed E-state index contributed by atoms with van der Waals surface area (Å²) in [6.07, 6.45) is 3.96. The molecule has 78 valence electrons. The van der Waals surface area contributed by atoms with Gasteiger partial charge in [-0.15, -0.1) is 0 Å². The summed E-state index contributed by atoms with van der Waals surface area (Å²) in [4.78, 5) is 0. The van der Waals surface area contributed by atoms with Crippen LogP contribution in [0, 0.1) is 5.41 Å². The molecule has 0 spiro atoms. The van der Waals surface area contributed by atoms with Crippen molar-refractivity contribution in [2.75, 3.05) is 26.2 Å². The summed E-state index contributed by atoms with van der Waals surface area (Å²) in [5.74, 6) is 0. The SMILES string of the molecule is CC(C)(CO)CNN1CCCCC1. The molecular formula is C10H22N2O. The van der Waals surface area contributed by atoms with Gasteiger partial charge >= 0.3 is 0 Å². The van der Waals surface area contributed by atoms with Crippen LogP contribution in [0.2, 0.25) is 0 Å². The number of hydrogen-bond donors (Lipinski definition) is 2. The van der Waals surface area contributed by atoms with Crippen molar-refractivity contribution in [3.63, 3.8) is 0 Å². The van der Waals surface area contributed by atoms with E-state index in [2.05, 4.69) is 24.3 Å². The molecule has 3 nitrogen and oxygen atoms in total. The van der Waals surface area contributed by atoms with E-state index in [0.717, 1.165) is 19.6 Å². The first kappa shape index (κ1) is 11.0. The number of aliphatic hydroxyl groups is 1. The van der Waals surface area contributed by atoms with Gasteiger partial charge in [-0.1, -0.05) is 20.3 Å². The number of aliphatic hydroxyl groups excluding tert-OH is 1. The molecule has 1 saturated heterocycles. The molecule has 0 amide bonds. The van der Waals surface area contributed by atoms with Crippen LogP contribution >= 0.6 is 0 Å². The van der Waals surface area contributed by atoms with Crippen LogP contribution in [0.1, 0.15) is 33.1 Å². The number of rotatable bonds is 4. The van der Waals surface area contributed by atoms with Crippen molar-refractivity contribution in [3.8, 4) is 0 Å². The molecule has 1 aliphatic rings. The zero-order chi connectivity index (χ0) is 9.73. The van der Waals surface area contributed by atoms with Crippen LogP contribution in [0.4, 0.5) is 0 Å². The zero-order valence-corrected chi connectivity index (χ0v) is 8.84. The van der Waals surface area contributed by atoms with E-state index in [1.807, 2.05) is 0 Å². The van der Waals surface area contributed by atoms with Crippen LogP contribution in [-0.2, 0) is 0 Å². The second kappa shape index (κ2) is 4.94. The molecule has 0 atom stereocenters. The summed E-state index contributed by atoms with van der Waals surface area (Å²) in [7, 11) is 0. The Morgan fingerprint density at radius 3 is 2.38 bits per heavy atom. The van der Waals surface area contributed by atoms with Gasteiger partial charge in [-0.25, -0.2) is 5.01 Å². The molecule has 3 heteroatoms. The molecule has 0 unspecified atom stereocenters. The minimum atomic E-state index is -0.00253. The topological polar surface area (TPSA) is 35.5 Å². The van der Waals surface area contributed by atoms with Crippen LogP contribution in [0.3, 0.4) is 0 Å². The molecule has 0 aromatic heterocycles. The van der Waals surface area contributed by atoms with Gasteiger partial charge in [0.05, 0.1) is 0 Å². The van der Waals surface area contributed by atoms with Gasteiger partial charge in [0.1, 0.15) is 0 Å². The van der Waals surface area contributed by atoms with E-state index >= 15 is 0 Å². The van der Waals surface area contributed by atoms with Crippen molar-refractivity contribution in [2.45, 2.75) is 33.1 Å². The van der Waals surface area contributed by atoms with E-state index in [9.17, 15) is 0 Å². The molecule has 1 heterocycles. The smallest absolute Gasteiger partial charge is 0.0494 e. The van der Waals surface area contributed by atoms with Crippen molar-refractivity contribution < 1.29 is 5.11 Å². The monoisotopic (exact) mass is 186 g/mol. The average Bonchev–Trinajstić information content (AvgIpc) is 2.17. The molecule has 0 aliphatic carbocycles. The van der Waals surface area contributed by atoms with E-state index in [1.54, 1.807) is 0 Å². The Morgan fingerprint density at radius 1 is 1.23 bits per heavy atom. The summed E-state index contributed by atoms with van der Waals surface area (Å²) in [5, 5.41) is 11.3. The standard InChI is InChI=1S/C10H22N2O/c1-10(2,9-13)8-11-12-6-4-3-5-7-12/h11,13H,3-9H2,1-2H3. The van der Waals surface area contributed by atoms with Gasteiger partial charge < -0.3 is 5.11 Å². The predicted octanol–water partition coefficient (Wildman–Crippen LogP) is 0.995. The van der Waals surface area contributed by atoms with E-state index in [0.29, 0.717) is 0 Å². The highest BCUT2D eigenvalue weighted by molar-refractivity contribution is 4.70. The molecule has 0 bridgehead atoms. The van der Waals surface area contributed by atoms with Gasteiger partial charge in [0.15, 0.2) is 0 Å². The Balaban J connectivity index is 2.17. The van der Waals surface area contributed by atoms with Crippen LogP contribution in [0.25, 0.3) is 0 Å². The van der Waals surface area contributed by atoms with Gasteiger partial charge in [-0.2, -0.15) is 0 Å². The van der Waals surface area contributed by atoms with Gasteiger partial charge in [0.25, 0.3) is 0 Å². The predicted molar refractivity (Wildman–Crippen MR) is 54.3 cm³/mol. The van der Waals surface area contributed by atoms with Gasteiger partial charge in [-0.3, -0.25) is 5.43 Å². The fraction of sp³-hybridized carbons (Fsp3) is 1.00. The molecule has 1 fully saturated rings. The summed E-state index contributed by atoms with van der Waals surface area (Å²) >= 11 is 0. The highest BCUT2D eigenvalue weighted by Gasteiger charge is 2.18. The Morgan fingerprint density at radius 2 is 1.85 bits per heavy atom. The molecule has 0 radical (unpaired) electrons. The Kier molecular flexibility index (Phi) is 4.16. The Labute approximate surface area is 81.1 Å². The quantitative estimate of drug-likeness (QED) is 0.687. The third kappa shape index (κ3) is 4.07. The van der Waals surface area contributed by atoms with Crippen molar-refractivity contribution in [1.29, 1.82) is 0 Å². The van der Waals surface area contributed by atoms with Crippen LogP contribution in [-0.4, -0.2) is 36.4 Å². The number of hydrogen-bond acceptors (Lipinski definition) is 3. The normalized spacial score (nSPS) is 20.5. The number of hydrazine groups is 1. The van der Waals surface area contributed by atoms with E-state index in [1.165, 1.54) is 19.3 Å². The number of piperidine rings is 1. The summed E-state index contributed by atoms with van der Waals surface area (Å²) in [5.41, 5.74) is 3.38. The molecule has 0 aromatic rings. The first-order valence-electron chi connectivity index (χ1n) is 5.23. The first-order chi connectivity index (χ1) is 6.14. The maximum atomic E-state index is 9.06.